The van der Waals surface area contributed by atoms with Gasteiger partial charge in [-0.05, 0) is 34.1 Å². The molecule has 0 spiro atoms. The normalized spacial score (nSPS) is 10.6. The summed E-state index contributed by atoms with van der Waals surface area (Å²) in [5.41, 5.74) is 2.22. The van der Waals surface area contributed by atoms with Crippen LogP contribution in [-0.4, -0.2) is 23.7 Å². The lowest BCUT2D eigenvalue weighted by molar-refractivity contribution is -0.402. The number of amides is 1. The molecule has 0 saturated heterocycles. The first kappa shape index (κ1) is 15.7. The van der Waals surface area contributed by atoms with Crippen molar-refractivity contribution in [2.24, 2.45) is 5.10 Å². The van der Waals surface area contributed by atoms with Crippen molar-refractivity contribution in [1.82, 2.24) is 5.43 Å². The summed E-state index contributed by atoms with van der Waals surface area (Å²) in [6.07, 6.45) is 1.16. The molecule has 114 valence electrons. The molecule has 0 bridgehead atoms. The van der Waals surface area contributed by atoms with Crippen LogP contribution in [0.3, 0.4) is 0 Å². The number of hydrogen-bond donors (Lipinski definition) is 1. The van der Waals surface area contributed by atoms with E-state index in [1.54, 1.807) is 18.2 Å². The number of halogens is 1. The van der Waals surface area contributed by atoms with E-state index in [0.29, 0.717) is 5.75 Å². The zero-order chi connectivity index (χ0) is 15.9. The van der Waals surface area contributed by atoms with E-state index >= 15 is 0 Å². The third kappa shape index (κ3) is 4.42. The lowest BCUT2D eigenvalue weighted by Gasteiger charge is -2.06. The third-order valence-electron chi connectivity index (χ3n) is 2.37. The van der Waals surface area contributed by atoms with E-state index in [1.807, 2.05) is 6.07 Å². The van der Waals surface area contributed by atoms with Gasteiger partial charge in [0, 0.05) is 0 Å². The number of carbonyl (C=O) groups excluding carboxylic acids is 1. The van der Waals surface area contributed by atoms with Crippen LogP contribution in [0.25, 0.3) is 0 Å². The van der Waals surface area contributed by atoms with Crippen molar-refractivity contribution in [2.45, 2.75) is 0 Å². The molecule has 0 aliphatic heterocycles. The largest absolute Gasteiger partial charge is 0.483 e. The molecule has 0 radical (unpaired) electrons. The van der Waals surface area contributed by atoms with E-state index < -0.39 is 16.7 Å². The average molecular weight is 368 g/mol. The van der Waals surface area contributed by atoms with Crippen molar-refractivity contribution >= 4 is 33.9 Å². The van der Waals surface area contributed by atoms with Gasteiger partial charge in [-0.2, -0.15) is 5.10 Å². The van der Waals surface area contributed by atoms with Crippen LogP contribution in [0, 0.1) is 10.1 Å². The standard InChI is InChI=1S/C13H10BrN3O5/c14-10-3-1-2-4-11(10)21-8-12(18)16-15-7-9-5-6-13(22-9)17(19)20/h1-7H,8H2,(H,16,18)/b15-7+. The van der Waals surface area contributed by atoms with Crippen LogP contribution in [-0.2, 0) is 4.79 Å². The first-order valence-corrected chi connectivity index (χ1v) is 6.79. The van der Waals surface area contributed by atoms with E-state index in [-0.39, 0.29) is 12.4 Å². The molecule has 0 aliphatic carbocycles. The van der Waals surface area contributed by atoms with Crippen molar-refractivity contribution in [3.63, 3.8) is 0 Å². The van der Waals surface area contributed by atoms with Gasteiger partial charge in [-0.15, -0.1) is 0 Å². The highest BCUT2D eigenvalue weighted by molar-refractivity contribution is 9.10. The number of furan rings is 1. The number of benzene rings is 1. The van der Waals surface area contributed by atoms with Crippen molar-refractivity contribution in [3.8, 4) is 5.75 Å². The zero-order valence-electron chi connectivity index (χ0n) is 11.1. The number of nitrogens with one attached hydrogen (secondary N) is 1. The van der Waals surface area contributed by atoms with Gasteiger partial charge in [0.2, 0.25) is 0 Å². The molecule has 0 aliphatic rings. The summed E-state index contributed by atoms with van der Waals surface area (Å²) in [5.74, 6) is -0.194. The fourth-order valence-corrected chi connectivity index (χ4v) is 1.81. The number of hydrazone groups is 1. The zero-order valence-corrected chi connectivity index (χ0v) is 12.6. The maximum Gasteiger partial charge on any atom is 0.433 e. The highest BCUT2D eigenvalue weighted by Crippen LogP contribution is 2.23. The number of rotatable bonds is 6. The molecule has 1 heterocycles. The molecule has 22 heavy (non-hydrogen) atoms. The van der Waals surface area contributed by atoms with Crippen molar-refractivity contribution in [3.05, 3.63) is 56.7 Å². The number of nitrogens with zero attached hydrogens (tertiary/aromatic N) is 2. The minimum Gasteiger partial charge on any atom is -0.483 e. The van der Waals surface area contributed by atoms with Crippen LogP contribution in [0.5, 0.6) is 5.75 Å². The predicted octanol–water partition coefficient (Wildman–Crippen LogP) is 2.48. The molecule has 9 heteroatoms. The minimum atomic E-state index is -0.665. The van der Waals surface area contributed by atoms with Gasteiger partial charge in [0.25, 0.3) is 5.91 Å². The first-order chi connectivity index (χ1) is 10.6. The van der Waals surface area contributed by atoms with Gasteiger partial charge in [0.05, 0.1) is 16.8 Å². The van der Waals surface area contributed by atoms with E-state index in [2.05, 4.69) is 26.5 Å². The summed E-state index contributed by atoms with van der Waals surface area (Å²) < 4.78 is 10.9. The number of para-hydroxylation sites is 1. The Morgan fingerprint density at radius 2 is 2.18 bits per heavy atom. The molecule has 0 unspecified atom stereocenters. The van der Waals surface area contributed by atoms with Crippen molar-refractivity contribution in [1.29, 1.82) is 0 Å². The summed E-state index contributed by atoms with van der Waals surface area (Å²) in [6, 6.07) is 9.66. The molecular weight excluding hydrogens is 358 g/mol. The van der Waals surface area contributed by atoms with Gasteiger partial charge in [-0.25, -0.2) is 5.43 Å². The summed E-state index contributed by atoms with van der Waals surface area (Å²) in [7, 11) is 0. The molecule has 0 fully saturated rings. The van der Waals surface area contributed by atoms with Crippen LogP contribution in [0.15, 0.2) is 50.4 Å². The second-order valence-corrected chi connectivity index (χ2v) is 4.80. The van der Waals surface area contributed by atoms with E-state index in [1.165, 1.54) is 12.1 Å². The topological polar surface area (TPSA) is 107 Å². The first-order valence-electron chi connectivity index (χ1n) is 5.99. The fraction of sp³-hybridized carbons (Fsp3) is 0.0769. The Balaban J connectivity index is 1.81. The van der Waals surface area contributed by atoms with Crippen LogP contribution in [0.1, 0.15) is 5.76 Å². The monoisotopic (exact) mass is 367 g/mol. The summed E-state index contributed by atoms with van der Waals surface area (Å²) >= 11 is 3.29. The number of hydrogen-bond acceptors (Lipinski definition) is 6. The van der Waals surface area contributed by atoms with E-state index in [9.17, 15) is 14.9 Å². The highest BCUT2D eigenvalue weighted by atomic mass is 79.9. The molecule has 1 aromatic carbocycles. The molecule has 1 N–H and O–H groups in total. The second-order valence-electron chi connectivity index (χ2n) is 3.95. The lowest BCUT2D eigenvalue weighted by Crippen LogP contribution is -2.24. The Labute approximate surface area is 133 Å². The molecule has 2 aromatic rings. The quantitative estimate of drug-likeness (QED) is 0.479. The molecular formula is C13H10BrN3O5. The van der Waals surface area contributed by atoms with Gasteiger partial charge in [0.1, 0.15) is 10.7 Å². The fourth-order valence-electron chi connectivity index (χ4n) is 1.41. The Morgan fingerprint density at radius 1 is 1.41 bits per heavy atom. The van der Waals surface area contributed by atoms with E-state index in [4.69, 9.17) is 9.15 Å². The molecule has 0 atom stereocenters. The SMILES string of the molecule is O=C(COc1ccccc1Br)N/N=C/c1ccc([N+](=O)[O-])o1. The Bertz CT molecular complexity index is 713. The number of ether oxygens (including phenoxy) is 1. The Hall–Kier alpha value is -2.68. The van der Waals surface area contributed by atoms with Crippen molar-refractivity contribution < 1.29 is 18.9 Å². The Kier molecular flexibility index (Phi) is 5.26. The molecule has 2 rings (SSSR count). The van der Waals surface area contributed by atoms with Gasteiger partial charge in [-0.3, -0.25) is 14.9 Å². The van der Waals surface area contributed by atoms with Crippen molar-refractivity contribution in [2.75, 3.05) is 6.61 Å². The van der Waals surface area contributed by atoms with Crippen LogP contribution >= 0.6 is 15.9 Å². The lowest BCUT2D eigenvalue weighted by atomic mass is 10.3. The highest BCUT2D eigenvalue weighted by Gasteiger charge is 2.10. The average Bonchev–Trinajstić information content (AvgIpc) is 2.95. The second kappa shape index (κ2) is 7.36. The van der Waals surface area contributed by atoms with Crippen LogP contribution in [0.4, 0.5) is 5.88 Å². The maximum atomic E-state index is 11.5. The maximum absolute atomic E-state index is 11.5. The Morgan fingerprint density at radius 3 is 2.86 bits per heavy atom. The molecule has 1 aromatic heterocycles. The molecule has 1 amide bonds. The predicted molar refractivity (Wildman–Crippen MR) is 80.7 cm³/mol. The molecule has 0 saturated carbocycles. The smallest absolute Gasteiger partial charge is 0.433 e. The summed E-state index contributed by atoms with van der Waals surface area (Å²) in [6.45, 7) is -0.224. The van der Waals surface area contributed by atoms with Gasteiger partial charge < -0.3 is 9.15 Å². The van der Waals surface area contributed by atoms with Crippen LogP contribution in [0.2, 0.25) is 0 Å². The summed E-state index contributed by atoms with van der Waals surface area (Å²) in [4.78, 5) is 21.3. The minimum absolute atomic E-state index is 0.152. The number of carbonyl (C=O) groups is 1. The number of nitro groups is 1. The molecule has 8 nitrogen and oxygen atoms in total. The third-order valence-corrected chi connectivity index (χ3v) is 3.02. The van der Waals surface area contributed by atoms with Gasteiger partial charge in [-0.1, -0.05) is 12.1 Å². The van der Waals surface area contributed by atoms with Crippen LogP contribution < -0.4 is 10.2 Å². The van der Waals surface area contributed by atoms with Gasteiger partial charge >= 0.3 is 5.88 Å². The summed E-state index contributed by atoms with van der Waals surface area (Å²) in [5, 5.41) is 14.0. The van der Waals surface area contributed by atoms with E-state index in [0.717, 1.165) is 10.7 Å². The van der Waals surface area contributed by atoms with Gasteiger partial charge in [0.15, 0.2) is 12.4 Å².